The molecule has 0 bridgehead atoms. The van der Waals surface area contributed by atoms with Crippen molar-refractivity contribution in [2.45, 2.75) is 45.6 Å². The summed E-state index contributed by atoms with van der Waals surface area (Å²) in [6.07, 6.45) is 2.73. The number of carbonyl (C=O) groups excluding carboxylic acids is 1. The second-order valence-corrected chi connectivity index (χ2v) is 5.24. The van der Waals surface area contributed by atoms with Gasteiger partial charge in [-0.1, -0.05) is 13.3 Å². The minimum atomic E-state index is -0.718. The molecule has 0 aliphatic carbocycles. The molecule has 4 nitrogen and oxygen atoms in total. The molecule has 1 heterocycles. The number of hydrogen-bond acceptors (Lipinski definition) is 3. The highest BCUT2D eigenvalue weighted by molar-refractivity contribution is 5.85. The second-order valence-electron chi connectivity index (χ2n) is 5.24. The molecule has 1 aliphatic rings. The molecule has 1 saturated heterocycles. The molecule has 2 unspecified atom stereocenters. The Kier molecular flexibility index (Phi) is 5.40. The molecule has 4 heteroatoms. The van der Waals surface area contributed by atoms with E-state index >= 15 is 0 Å². The Morgan fingerprint density at radius 1 is 1.53 bits per heavy atom. The van der Waals surface area contributed by atoms with Crippen LogP contribution in [0.5, 0.6) is 0 Å². The van der Waals surface area contributed by atoms with Gasteiger partial charge in [-0.2, -0.15) is 0 Å². The molecule has 0 aromatic heterocycles. The maximum atomic E-state index is 12.3. The van der Waals surface area contributed by atoms with E-state index < -0.39 is 5.54 Å². The van der Waals surface area contributed by atoms with Crippen molar-refractivity contribution in [3.63, 3.8) is 0 Å². The predicted octanol–water partition coefficient (Wildman–Crippen LogP) is 1.39. The van der Waals surface area contributed by atoms with Crippen molar-refractivity contribution < 1.29 is 9.53 Å². The average molecular weight is 242 g/mol. The van der Waals surface area contributed by atoms with E-state index in [-0.39, 0.29) is 5.91 Å². The van der Waals surface area contributed by atoms with E-state index in [4.69, 9.17) is 10.5 Å². The summed E-state index contributed by atoms with van der Waals surface area (Å²) in [4.78, 5) is 14.2. The van der Waals surface area contributed by atoms with Gasteiger partial charge in [-0.25, -0.2) is 0 Å². The molecule has 2 N–H and O–H groups in total. The zero-order valence-corrected chi connectivity index (χ0v) is 11.4. The van der Waals surface area contributed by atoms with E-state index in [0.717, 1.165) is 45.6 Å². The minimum absolute atomic E-state index is 0.0775. The van der Waals surface area contributed by atoms with Crippen molar-refractivity contribution in [2.75, 3.05) is 26.3 Å². The van der Waals surface area contributed by atoms with Gasteiger partial charge in [0.15, 0.2) is 0 Å². The van der Waals surface area contributed by atoms with Gasteiger partial charge in [0.2, 0.25) is 5.91 Å². The third-order valence-corrected chi connectivity index (χ3v) is 3.43. The van der Waals surface area contributed by atoms with Crippen LogP contribution in [0.4, 0.5) is 0 Å². The van der Waals surface area contributed by atoms with Crippen LogP contribution in [0.25, 0.3) is 0 Å². The Labute approximate surface area is 104 Å². The zero-order chi connectivity index (χ0) is 12.9. The molecule has 2 atom stereocenters. The van der Waals surface area contributed by atoms with Gasteiger partial charge in [-0.15, -0.1) is 0 Å². The first kappa shape index (κ1) is 14.5. The summed E-state index contributed by atoms with van der Waals surface area (Å²) in [5, 5.41) is 0. The normalized spacial score (nSPS) is 23.4. The fraction of sp³-hybridized carbons (Fsp3) is 0.923. The van der Waals surface area contributed by atoms with Gasteiger partial charge in [0.1, 0.15) is 0 Å². The summed E-state index contributed by atoms with van der Waals surface area (Å²) >= 11 is 0. The van der Waals surface area contributed by atoms with E-state index in [9.17, 15) is 4.79 Å². The van der Waals surface area contributed by atoms with E-state index in [0.29, 0.717) is 5.92 Å². The second kappa shape index (κ2) is 6.36. The summed E-state index contributed by atoms with van der Waals surface area (Å²) in [5.74, 6) is 0.560. The summed E-state index contributed by atoms with van der Waals surface area (Å²) in [6.45, 7) is 9.02. The highest BCUT2D eigenvalue weighted by atomic mass is 16.5. The number of nitrogens with two attached hydrogens (primary N) is 1. The highest BCUT2D eigenvalue weighted by Crippen LogP contribution is 2.18. The van der Waals surface area contributed by atoms with Crippen molar-refractivity contribution in [3.05, 3.63) is 0 Å². The first-order valence-electron chi connectivity index (χ1n) is 6.67. The van der Waals surface area contributed by atoms with E-state index in [1.807, 2.05) is 18.7 Å². The first-order valence-corrected chi connectivity index (χ1v) is 6.67. The SMILES string of the molecule is CCCC(C)(N)C(=O)N(CC)CC1CCOC1. The van der Waals surface area contributed by atoms with Crippen LogP contribution in [0.1, 0.15) is 40.0 Å². The molecule has 1 fully saturated rings. The van der Waals surface area contributed by atoms with Crippen LogP contribution < -0.4 is 5.73 Å². The summed E-state index contributed by atoms with van der Waals surface area (Å²) in [7, 11) is 0. The Hall–Kier alpha value is -0.610. The lowest BCUT2D eigenvalue weighted by Crippen LogP contribution is -2.54. The Bertz CT molecular complexity index is 248. The molecule has 0 spiro atoms. The Morgan fingerprint density at radius 3 is 2.71 bits per heavy atom. The molecular formula is C13H26N2O2. The number of likely N-dealkylation sites (N-methyl/N-ethyl adjacent to an activating group) is 1. The van der Waals surface area contributed by atoms with E-state index in [2.05, 4.69) is 6.92 Å². The molecule has 0 aromatic carbocycles. The van der Waals surface area contributed by atoms with Gasteiger partial charge >= 0.3 is 0 Å². The van der Waals surface area contributed by atoms with Crippen molar-refractivity contribution in [2.24, 2.45) is 11.7 Å². The molecule has 0 aromatic rings. The van der Waals surface area contributed by atoms with Crippen LogP contribution >= 0.6 is 0 Å². The number of ether oxygens (including phenoxy) is 1. The molecule has 100 valence electrons. The van der Waals surface area contributed by atoms with Crippen molar-refractivity contribution in [1.29, 1.82) is 0 Å². The molecule has 1 rings (SSSR count). The third kappa shape index (κ3) is 3.96. The monoisotopic (exact) mass is 242 g/mol. The largest absolute Gasteiger partial charge is 0.381 e. The number of amides is 1. The maximum Gasteiger partial charge on any atom is 0.242 e. The third-order valence-electron chi connectivity index (χ3n) is 3.43. The lowest BCUT2D eigenvalue weighted by molar-refractivity contribution is -0.137. The number of hydrogen-bond donors (Lipinski definition) is 1. The zero-order valence-electron chi connectivity index (χ0n) is 11.4. The van der Waals surface area contributed by atoms with Gasteiger partial charge in [0.25, 0.3) is 0 Å². The fourth-order valence-electron chi connectivity index (χ4n) is 2.38. The van der Waals surface area contributed by atoms with Gasteiger partial charge < -0.3 is 15.4 Å². The van der Waals surface area contributed by atoms with Gasteiger partial charge in [0.05, 0.1) is 12.1 Å². The van der Waals surface area contributed by atoms with Gasteiger partial charge in [-0.05, 0) is 26.7 Å². The summed E-state index contributed by atoms with van der Waals surface area (Å²) in [6, 6.07) is 0. The van der Waals surface area contributed by atoms with E-state index in [1.165, 1.54) is 0 Å². The maximum absolute atomic E-state index is 12.3. The van der Waals surface area contributed by atoms with Crippen molar-refractivity contribution in [3.8, 4) is 0 Å². The standard InChI is InChI=1S/C13H26N2O2/c1-4-7-13(3,14)12(16)15(5-2)9-11-6-8-17-10-11/h11H,4-10,14H2,1-3H3. The number of carbonyl (C=O) groups is 1. The van der Waals surface area contributed by atoms with Crippen LogP contribution in [-0.2, 0) is 9.53 Å². The average Bonchev–Trinajstić information content (AvgIpc) is 2.77. The smallest absolute Gasteiger partial charge is 0.242 e. The number of rotatable bonds is 6. The molecule has 1 amide bonds. The summed E-state index contributed by atoms with van der Waals surface area (Å²) in [5.41, 5.74) is 5.38. The molecule has 17 heavy (non-hydrogen) atoms. The lowest BCUT2D eigenvalue weighted by Gasteiger charge is -2.32. The summed E-state index contributed by atoms with van der Waals surface area (Å²) < 4.78 is 5.35. The van der Waals surface area contributed by atoms with Crippen LogP contribution in [0.3, 0.4) is 0 Å². The fourth-order valence-corrected chi connectivity index (χ4v) is 2.38. The van der Waals surface area contributed by atoms with Crippen LogP contribution in [0.2, 0.25) is 0 Å². The van der Waals surface area contributed by atoms with Crippen LogP contribution in [-0.4, -0.2) is 42.6 Å². The molecule has 0 radical (unpaired) electrons. The van der Waals surface area contributed by atoms with E-state index in [1.54, 1.807) is 0 Å². The molecule has 1 aliphatic heterocycles. The van der Waals surface area contributed by atoms with Crippen LogP contribution in [0.15, 0.2) is 0 Å². The highest BCUT2D eigenvalue weighted by Gasteiger charge is 2.32. The van der Waals surface area contributed by atoms with Gasteiger partial charge in [-0.3, -0.25) is 4.79 Å². The van der Waals surface area contributed by atoms with Gasteiger partial charge in [0, 0.05) is 25.6 Å². The predicted molar refractivity (Wildman–Crippen MR) is 68.7 cm³/mol. The van der Waals surface area contributed by atoms with Crippen molar-refractivity contribution in [1.82, 2.24) is 4.90 Å². The quantitative estimate of drug-likeness (QED) is 0.765. The topological polar surface area (TPSA) is 55.6 Å². The van der Waals surface area contributed by atoms with Crippen LogP contribution in [0, 0.1) is 5.92 Å². The molecule has 0 saturated carbocycles. The Morgan fingerprint density at radius 2 is 2.24 bits per heavy atom. The first-order chi connectivity index (χ1) is 8.01. The minimum Gasteiger partial charge on any atom is -0.381 e. The Balaban J connectivity index is 2.56. The number of nitrogens with zero attached hydrogens (tertiary/aromatic N) is 1. The van der Waals surface area contributed by atoms with Crippen molar-refractivity contribution >= 4 is 5.91 Å². The molecular weight excluding hydrogens is 216 g/mol. The lowest BCUT2D eigenvalue weighted by atomic mass is 9.95.